The van der Waals surface area contributed by atoms with E-state index < -0.39 is 0 Å². The third kappa shape index (κ3) is 2.67. The van der Waals surface area contributed by atoms with Gasteiger partial charge in [0.15, 0.2) is 0 Å². The molecule has 7 heteroatoms. The molecule has 0 aliphatic carbocycles. The zero-order valence-corrected chi connectivity index (χ0v) is 11.7. The van der Waals surface area contributed by atoms with Crippen LogP contribution in [0.15, 0.2) is 40.7 Å². The minimum absolute atomic E-state index is 0.539. The predicted octanol–water partition coefficient (Wildman–Crippen LogP) is 2.84. The molecule has 102 valence electrons. The van der Waals surface area contributed by atoms with E-state index in [2.05, 4.69) is 43.7 Å². The summed E-state index contributed by atoms with van der Waals surface area (Å²) in [4.78, 5) is 7.44. The van der Waals surface area contributed by atoms with E-state index >= 15 is 0 Å². The van der Waals surface area contributed by atoms with Crippen molar-refractivity contribution in [2.45, 2.75) is 12.1 Å². The number of para-hydroxylation sites is 1. The number of hydrazone groups is 1. The van der Waals surface area contributed by atoms with Crippen molar-refractivity contribution in [3.63, 3.8) is 0 Å². The standard InChI is InChI=1S/C13H14N6S/c1-2-20-13-16-12(18-19-13)17-15-8-9-7-14-11-6-4-3-5-10(9)11/h3-8,14H,2H2,1H3,(H2,16,17,18,19)/b15-8+. The van der Waals surface area contributed by atoms with Crippen LogP contribution in [0.2, 0.25) is 0 Å². The quantitative estimate of drug-likeness (QED) is 0.383. The molecule has 0 radical (unpaired) electrons. The summed E-state index contributed by atoms with van der Waals surface area (Å²) < 4.78 is 0. The van der Waals surface area contributed by atoms with Crippen molar-refractivity contribution >= 4 is 34.8 Å². The summed E-state index contributed by atoms with van der Waals surface area (Å²) in [6, 6.07) is 8.09. The molecule has 1 aromatic carbocycles. The molecule has 0 spiro atoms. The molecule has 20 heavy (non-hydrogen) atoms. The number of hydrogen-bond donors (Lipinski definition) is 3. The van der Waals surface area contributed by atoms with E-state index in [1.54, 1.807) is 18.0 Å². The molecule has 0 aliphatic rings. The monoisotopic (exact) mass is 286 g/mol. The van der Waals surface area contributed by atoms with Crippen LogP contribution < -0.4 is 5.43 Å². The molecule has 0 bridgehead atoms. The van der Waals surface area contributed by atoms with Gasteiger partial charge >= 0.3 is 0 Å². The fourth-order valence-electron chi connectivity index (χ4n) is 1.85. The number of nitrogens with zero attached hydrogens (tertiary/aromatic N) is 3. The minimum atomic E-state index is 0.539. The third-order valence-corrected chi connectivity index (χ3v) is 3.46. The summed E-state index contributed by atoms with van der Waals surface area (Å²) in [7, 11) is 0. The molecule has 2 heterocycles. The van der Waals surface area contributed by atoms with Crippen molar-refractivity contribution < 1.29 is 0 Å². The van der Waals surface area contributed by atoms with E-state index in [-0.39, 0.29) is 0 Å². The number of fused-ring (bicyclic) bond motifs is 1. The van der Waals surface area contributed by atoms with Crippen LogP contribution in [0.5, 0.6) is 0 Å². The molecule has 0 saturated heterocycles. The second-order valence-corrected chi connectivity index (χ2v) is 5.29. The van der Waals surface area contributed by atoms with Gasteiger partial charge in [0.05, 0.1) is 6.21 Å². The first kappa shape index (κ1) is 12.7. The Bertz CT molecular complexity index is 729. The summed E-state index contributed by atoms with van der Waals surface area (Å²) in [6.07, 6.45) is 3.68. The van der Waals surface area contributed by atoms with Crippen LogP contribution in [0, 0.1) is 0 Å². The minimum Gasteiger partial charge on any atom is -0.361 e. The zero-order chi connectivity index (χ0) is 13.8. The van der Waals surface area contributed by atoms with Gasteiger partial charge in [-0.05, 0) is 11.8 Å². The Morgan fingerprint density at radius 2 is 2.30 bits per heavy atom. The highest BCUT2D eigenvalue weighted by atomic mass is 32.2. The Morgan fingerprint density at radius 1 is 1.40 bits per heavy atom. The predicted molar refractivity (Wildman–Crippen MR) is 82.3 cm³/mol. The lowest BCUT2D eigenvalue weighted by Gasteiger charge is -1.93. The van der Waals surface area contributed by atoms with Crippen molar-refractivity contribution in [3.8, 4) is 0 Å². The molecular formula is C13H14N6S. The number of benzene rings is 1. The Balaban J connectivity index is 1.70. The molecule has 3 N–H and O–H groups in total. The lowest BCUT2D eigenvalue weighted by molar-refractivity contribution is 0.973. The Morgan fingerprint density at radius 3 is 3.20 bits per heavy atom. The molecule has 0 atom stereocenters. The van der Waals surface area contributed by atoms with Crippen LogP contribution >= 0.6 is 11.8 Å². The number of anilines is 1. The number of aromatic amines is 2. The SMILES string of the molecule is CCSc1n[nH]c(N/N=C/c2c[nH]c3ccccc23)n1. The van der Waals surface area contributed by atoms with Gasteiger partial charge in [0.2, 0.25) is 11.1 Å². The van der Waals surface area contributed by atoms with Gasteiger partial charge in [-0.15, -0.1) is 5.10 Å². The average molecular weight is 286 g/mol. The van der Waals surface area contributed by atoms with Gasteiger partial charge < -0.3 is 4.98 Å². The van der Waals surface area contributed by atoms with Crippen molar-refractivity contribution in [1.29, 1.82) is 0 Å². The normalized spacial score (nSPS) is 11.4. The maximum atomic E-state index is 4.24. The summed E-state index contributed by atoms with van der Waals surface area (Å²) in [5, 5.41) is 12.9. The van der Waals surface area contributed by atoms with Gasteiger partial charge in [0.1, 0.15) is 0 Å². The largest absolute Gasteiger partial charge is 0.361 e. The topological polar surface area (TPSA) is 81.8 Å². The summed E-state index contributed by atoms with van der Waals surface area (Å²) in [5.74, 6) is 1.48. The summed E-state index contributed by atoms with van der Waals surface area (Å²) >= 11 is 1.58. The zero-order valence-electron chi connectivity index (χ0n) is 10.9. The molecule has 3 rings (SSSR count). The van der Waals surface area contributed by atoms with Crippen LogP contribution in [0.3, 0.4) is 0 Å². The van der Waals surface area contributed by atoms with Crippen LogP contribution in [-0.4, -0.2) is 32.1 Å². The molecule has 0 amide bonds. The van der Waals surface area contributed by atoms with Gasteiger partial charge in [-0.1, -0.05) is 36.9 Å². The van der Waals surface area contributed by atoms with Crippen LogP contribution in [0.4, 0.5) is 5.95 Å². The van der Waals surface area contributed by atoms with Crippen LogP contribution in [0.25, 0.3) is 10.9 Å². The Labute approximate surface area is 120 Å². The number of thioether (sulfide) groups is 1. The van der Waals surface area contributed by atoms with Crippen molar-refractivity contribution in [3.05, 3.63) is 36.0 Å². The van der Waals surface area contributed by atoms with Crippen LogP contribution in [0.1, 0.15) is 12.5 Å². The van der Waals surface area contributed by atoms with E-state index in [1.807, 2.05) is 24.4 Å². The number of H-pyrrole nitrogens is 2. The van der Waals surface area contributed by atoms with Crippen molar-refractivity contribution in [1.82, 2.24) is 20.2 Å². The highest BCUT2D eigenvalue weighted by Crippen LogP contribution is 2.16. The molecule has 3 aromatic rings. The third-order valence-electron chi connectivity index (χ3n) is 2.73. The van der Waals surface area contributed by atoms with Crippen LogP contribution in [-0.2, 0) is 0 Å². The van der Waals surface area contributed by atoms with E-state index in [0.717, 1.165) is 27.4 Å². The number of rotatable bonds is 5. The second-order valence-electron chi connectivity index (χ2n) is 4.06. The van der Waals surface area contributed by atoms with E-state index in [0.29, 0.717) is 5.95 Å². The first-order valence-electron chi connectivity index (χ1n) is 6.27. The van der Waals surface area contributed by atoms with Gasteiger partial charge in [-0.2, -0.15) is 10.1 Å². The Kier molecular flexibility index (Phi) is 3.69. The van der Waals surface area contributed by atoms with Gasteiger partial charge in [0, 0.05) is 22.7 Å². The van der Waals surface area contributed by atoms with Gasteiger partial charge in [-0.25, -0.2) is 10.5 Å². The molecule has 0 fully saturated rings. The summed E-state index contributed by atoms with van der Waals surface area (Å²) in [5.41, 5.74) is 4.96. The second kappa shape index (κ2) is 5.79. The highest BCUT2D eigenvalue weighted by molar-refractivity contribution is 7.99. The number of nitrogens with one attached hydrogen (secondary N) is 3. The lowest BCUT2D eigenvalue weighted by Crippen LogP contribution is -1.92. The van der Waals surface area contributed by atoms with E-state index in [9.17, 15) is 0 Å². The molecule has 0 unspecified atom stereocenters. The van der Waals surface area contributed by atoms with Gasteiger partial charge in [0.25, 0.3) is 0 Å². The van der Waals surface area contributed by atoms with Gasteiger partial charge in [-0.3, -0.25) is 0 Å². The molecule has 0 aliphatic heterocycles. The van der Waals surface area contributed by atoms with Crippen molar-refractivity contribution in [2.24, 2.45) is 5.10 Å². The number of hydrogen-bond acceptors (Lipinski definition) is 5. The highest BCUT2D eigenvalue weighted by Gasteiger charge is 2.02. The number of aromatic nitrogens is 4. The Hall–Kier alpha value is -2.28. The first-order valence-corrected chi connectivity index (χ1v) is 7.26. The molecule has 0 saturated carbocycles. The molecule has 2 aromatic heterocycles. The lowest BCUT2D eigenvalue weighted by atomic mass is 10.2. The molecule has 6 nitrogen and oxygen atoms in total. The fourth-order valence-corrected chi connectivity index (χ4v) is 2.38. The van der Waals surface area contributed by atoms with E-state index in [4.69, 9.17) is 0 Å². The fraction of sp³-hybridized carbons (Fsp3) is 0.154. The van der Waals surface area contributed by atoms with Crippen molar-refractivity contribution in [2.75, 3.05) is 11.2 Å². The first-order chi connectivity index (χ1) is 9.86. The molecular weight excluding hydrogens is 272 g/mol. The average Bonchev–Trinajstić information content (AvgIpc) is 3.07. The maximum absolute atomic E-state index is 4.24. The smallest absolute Gasteiger partial charge is 0.240 e. The maximum Gasteiger partial charge on any atom is 0.240 e. The summed E-state index contributed by atoms with van der Waals surface area (Å²) in [6.45, 7) is 2.06. The van der Waals surface area contributed by atoms with E-state index in [1.165, 1.54) is 0 Å².